The van der Waals surface area contributed by atoms with Gasteiger partial charge in [-0.2, -0.15) is 0 Å². The van der Waals surface area contributed by atoms with Gasteiger partial charge >= 0.3 is 5.97 Å². The highest BCUT2D eigenvalue weighted by atomic mass is 79.9. The van der Waals surface area contributed by atoms with Crippen LogP contribution in [0.1, 0.15) is 30.1 Å². The average Bonchev–Trinajstić information content (AvgIpc) is 2.53. The lowest BCUT2D eigenvalue weighted by Gasteiger charge is -2.37. The average molecular weight is 376 g/mol. The molecule has 0 aliphatic carbocycles. The molecule has 1 heterocycles. The van der Waals surface area contributed by atoms with Gasteiger partial charge in [-0.1, -0.05) is 28.1 Å². The number of likely N-dealkylation sites (tertiary alicyclic amines) is 1. The predicted octanol–water partition coefficient (Wildman–Crippen LogP) is 3.93. The van der Waals surface area contributed by atoms with Crippen LogP contribution in [0.15, 0.2) is 40.9 Å². The molecule has 2 aromatic rings. The highest BCUT2D eigenvalue weighted by molar-refractivity contribution is 9.10. The summed E-state index contributed by atoms with van der Waals surface area (Å²) in [6.07, 6.45) is 1.33. The van der Waals surface area contributed by atoms with E-state index in [1.807, 2.05) is 36.4 Å². The third-order valence-electron chi connectivity index (χ3n) is 4.55. The van der Waals surface area contributed by atoms with Gasteiger partial charge < -0.3 is 10.0 Å². The van der Waals surface area contributed by atoms with Crippen molar-refractivity contribution in [3.05, 3.63) is 46.4 Å². The third-order valence-corrected chi connectivity index (χ3v) is 5.04. The summed E-state index contributed by atoms with van der Waals surface area (Å²) in [5.41, 5.74) is -0.246. The normalized spacial score (nSPS) is 21.4. The van der Waals surface area contributed by atoms with Crippen LogP contribution in [0.4, 0.5) is 0 Å². The number of piperidine rings is 1. The highest BCUT2D eigenvalue weighted by Crippen LogP contribution is 2.31. The predicted molar refractivity (Wildman–Crippen MR) is 92.5 cm³/mol. The molecule has 0 spiro atoms. The molecule has 120 valence electrons. The first-order valence-corrected chi connectivity index (χ1v) is 8.40. The Kier molecular flexibility index (Phi) is 4.15. The Bertz CT molecular complexity index is 789. The van der Waals surface area contributed by atoms with E-state index in [0.717, 1.165) is 21.7 Å². The molecule has 1 fully saturated rings. The Morgan fingerprint density at radius 3 is 2.61 bits per heavy atom. The molecule has 1 atom stereocenters. The quantitative estimate of drug-likeness (QED) is 0.864. The lowest BCUT2D eigenvalue weighted by atomic mass is 9.82. The van der Waals surface area contributed by atoms with Crippen LogP contribution in [0, 0.1) is 5.41 Å². The minimum absolute atomic E-state index is 0.0954. The summed E-state index contributed by atoms with van der Waals surface area (Å²) in [5, 5.41) is 11.4. The van der Waals surface area contributed by atoms with E-state index >= 15 is 0 Å². The van der Waals surface area contributed by atoms with Crippen LogP contribution in [0.2, 0.25) is 0 Å². The minimum atomic E-state index is -0.852. The molecule has 5 heteroatoms. The van der Waals surface area contributed by atoms with E-state index in [2.05, 4.69) is 15.9 Å². The Morgan fingerprint density at radius 1 is 1.17 bits per heavy atom. The first kappa shape index (κ1) is 16.0. The molecule has 0 radical (unpaired) electrons. The molecule has 23 heavy (non-hydrogen) atoms. The molecule has 2 aromatic carbocycles. The van der Waals surface area contributed by atoms with E-state index < -0.39 is 11.4 Å². The van der Waals surface area contributed by atoms with Crippen LogP contribution in [-0.2, 0) is 4.79 Å². The zero-order valence-electron chi connectivity index (χ0n) is 12.9. The molecule has 1 unspecified atom stereocenters. The van der Waals surface area contributed by atoms with Gasteiger partial charge in [-0.3, -0.25) is 9.59 Å². The molecule has 0 aromatic heterocycles. The zero-order valence-corrected chi connectivity index (χ0v) is 14.5. The van der Waals surface area contributed by atoms with E-state index in [9.17, 15) is 14.7 Å². The van der Waals surface area contributed by atoms with Gasteiger partial charge in [0.2, 0.25) is 0 Å². The molecule has 1 aliphatic heterocycles. The Labute approximate surface area is 143 Å². The van der Waals surface area contributed by atoms with E-state index in [-0.39, 0.29) is 12.5 Å². The first-order chi connectivity index (χ1) is 10.9. The maximum atomic E-state index is 12.7. The number of aliphatic carboxylic acids is 1. The van der Waals surface area contributed by atoms with Crippen molar-refractivity contribution in [1.82, 2.24) is 4.90 Å². The van der Waals surface area contributed by atoms with Crippen molar-refractivity contribution in [3.8, 4) is 0 Å². The van der Waals surface area contributed by atoms with E-state index in [0.29, 0.717) is 18.5 Å². The van der Waals surface area contributed by atoms with Crippen molar-refractivity contribution >= 4 is 38.6 Å². The van der Waals surface area contributed by atoms with Crippen molar-refractivity contribution in [1.29, 1.82) is 0 Å². The van der Waals surface area contributed by atoms with Crippen molar-refractivity contribution in [3.63, 3.8) is 0 Å². The first-order valence-electron chi connectivity index (χ1n) is 7.61. The summed E-state index contributed by atoms with van der Waals surface area (Å²) in [6, 6.07) is 11.5. The largest absolute Gasteiger partial charge is 0.481 e. The highest BCUT2D eigenvalue weighted by Gasteiger charge is 2.39. The van der Waals surface area contributed by atoms with Crippen molar-refractivity contribution in [2.75, 3.05) is 13.1 Å². The van der Waals surface area contributed by atoms with E-state index in [1.54, 1.807) is 11.8 Å². The van der Waals surface area contributed by atoms with Crippen molar-refractivity contribution in [2.45, 2.75) is 19.8 Å². The molecule has 3 rings (SSSR count). The number of carboxylic acid groups (broad SMARTS) is 1. The van der Waals surface area contributed by atoms with E-state index in [4.69, 9.17) is 0 Å². The van der Waals surface area contributed by atoms with Crippen molar-refractivity contribution in [2.24, 2.45) is 5.41 Å². The number of nitrogens with zero attached hydrogens (tertiary/aromatic N) is 1. The number of fused-ring (bicyclic) bond motifs is 1. The standard InChI is InChI=1S/C18H18BrNO3/c1-18(17(22)23)7-2-8-20(11-18)16(21)14-4-3-13-10-15(19)6-5-12(13)9-14/h3-6,9-10H,2,7-8,11H2,1H3,(H,22,23). The number of amides is 1. The van der Waals surface area contributed by atoms with Gasteiger partial charge in [-0.15, -0.1) is 0 Å². The molecular weight excluding hydrogens is 358 g/mol. The Hall–Kier alpha value is -1.88. The zero-order chi connectivity index (χ0) is 16.6. The summed E-state index contributed by atoms with van der Waals surface area (Å²) in [7, 11) is 0. The lowest BCUT2D eigenvalue weighted by Crippen LogP contribution is -2.48. The number of halogens is 1. The van der Waals surface area contributed by atoms with Gasteiger partial charge in [0.25, 0.3) is 5.91 Å². The van der Waals surface area contributed by atoms with E-state index in [1.165, 1.54) is 0 Å². The molecule has 0 saturated carbocycles. The second kappa shape index (κ2) is 5.96. The van der Waals surface area contributed by atoms with Gasteiger partial charge in [0.15, 0.2) is 0 Å². The van der Waals surface area contributed by atoms with Gasteiger partial charge in [0.05, 0.1) is 5.41 Å². The number of carbonyl (C=O) groups excluding carboxylic acids is 1. The topological polar surface area (TPSA) is 57.6 Å². The summed E-state index contributed by atoms with van der Waals surface area (Å²) < 4.78 is 0.998. The number of benzene rings is 2. The van der Waals surface area contributed by atoms with Gasteiger partial charge in [-0.05, 0) is 54.8 Å². The Morgan fingerprint density at radius 2 is 1.87 bits per heavy atom. The summed E-state index contributed by atoms with van der Waals surface area (Å²) in [6.45, 7) is 2.59. The van der Waals surface area contributed by atoms with Crippen LogP contribution in [0.5, 0.6) is 0 Å². The molecule has 1 aliphatic rings. The maximum absolute atomic E-state index is 12.7. The molecular formula is C18H18BrNO3. The molecule has 1 amide bonds. The monoisotopic (exact) mass is 375 g/mol. The van der Waals surface area contributed by atoms with Gasteiger partial charge in [-0.25, -0.2) is 0 Å². The number of carboxylic acids is 1. The molecule has 4 nitrogen and oxygen atoms in total. The SMILES string of the molecule is CC1(C(=O)O)CCCN(C(=O)c2ccc3cc(Br)ccc3c2)C1. The number of rotatable bonds is 2. The number of hydrogen-bond donors (Lipinski definition) is 1. The number of carbonyl (C=O) groups is 2. The van der Waals surface area contributed by atoms with Crippen LogP contribution in [0.25, 0.3) is 10.8 Å². The molecule has 1 saturated heterocycles. The summed E-state index contributed by atoms with van der Waals surface area (Å²) in [4.78, 5) is 25.9. The second-order valence-electron chi connectivity index (χ2n) is 6.40. The third kappa shape index (κ3) is 3.11. The van der Waals surface area contributed by atoms with Crippen molar-refractivity contribution < 1.29 is 14.7 Å². The lowest BCUT2D eigenvalue weighted by molar-refractivity contribution is -0.150. The summed E-state index contributed by atoms with van der Waals surface area (Å²) in [5.74, 6) is -0.930. The Balaban J connectivity index is 1.88. The molecule has 0 bridgehead atoms. The number of hydrogen-bond acceptors (Lipinski definition) is 2. The van der Waals surface area contributed by atoms with Crippen LogP contribution >= 0.6 is 15.9 Å². The molecule has 1 N–H and O–H groups in total. The smallest absolute Gasteiger partial charge is 0.311 e. The minimum Gasteiger partial charge on any atom is -0.481 e. The fourth-order valence-electron chi connectivity index (χ4n) is 3.12. The van der Waals surface area contributed by atoms with Crippen LogP contribution < -0.4 is 0 Å². The van der Waals surface area contributed by atoms with Gasteiger partial charge in [0.1, 0.15) is 0 Å². The second-order valence-corrected chi connectivity index (χ2v) is 7.32. The fourth-order valence-corrected chi connectivity index (χ4v) is 3.50. The van der Waals surface area contributed by atoms with Crippen LogP contribution in [0.3, 0.4) is 0 Å². The maximum Gasteiger partial charge on any atom is 0.311 e. The van der Waals surface area contributed by atoms with Crippen LogP contribution in [-0.4, -0.2) is 35.0 Å². The fraction of sp³-hybridized carbons (Fsp3) is 0.333. The van der Waals surface area contributed by atoms with Gasteiger partial charge in [0, 0.05) is 23.1 Å². The summed E-state index contributed by atoms with van der Waals surface area (Å²) >= 11 is 3.44.